The van der Waals surface area contributed by atoms with Crippen LogP contribution in [0.25, 0.3) is 0 Å². The quantitative estimate of drug-likeness (QED) is 0.696. The summed E-state index contributed by atoms with van der Waals surface area (Å²) in [5.41, 5.74) is 0. The zero-order chi connectivity index (χ0) is 10.2. The van der Waals surface area contributed by atoms with E-state index in [1.165, 1.54) is 32.1 Å². The number of hydrogen-bond donors (Lipinski definition) is 1. The smallest absolute Gasteiger partial charge is 0.220 e. The Bertz CT molecular complexity index is 214. The first-order chi connectivity index (χ1) is 6.83. The normalized spacial score (nSPS) is 17.4. The van der Waals surface area contributed by atoms with Crippen molar-refractivity contribution in [1.29, 1.82) is 5.26 Å². The van der Waals surface area contributed by atoms with Crippen molar-refractivity contribution in [1.82, 2.24) is 5.32 Å². The Kier molecular flexibility index (Phi) is 5.06. The fourth-order valence-corrected chi connectivity index (χ4v) is 1.98. The van der Waals surface area contributed by atoms with Gasteiger partial charge >= 0.3 is 0 Å². The van der Waals surface area contributed by atoms with Gasteiger partial charge in [-0.15, -0.1) is 0 Å². The molecule has 0 unspecified atom stereocenters. The van der Waals surface area contributed by atoms with Crippen molar-refractivity contribution >= 4 is 5.91 Å². The van der Waals surface area contributed by atoms with Crippen LogP contribution in [0.4, 0.5) is 0 Å². The number of nitriles is 1. The molecule has 1 N–H and O–H groups in total. The molecule has 0 bridgehead atoms. The van der Waals surface area contributed by atoms with Crippen molar-refractivity contribution in [2.75, 3.05) is 6.54 Å². The van der Waals surface area contributed by atoms with Crippen LogP contribution < -0.4 is 5.32 Å². The zero-order valence-electron chi connectivity index (χ0n) is 8.59. The van der Waals surface area contributed by atoms with E-state index >= 15 is 0 Å². The maximum absolute atomic E-state index is 11.4. The van der Waals surface area contributed by atoms with Crippen molar-refractivity contribution in [2.24, 2.45) is 5.92 Å². The van der Waals surface area contributed by atoms with Gasteiger partial charge in [-0.1, -0.05) is 19.3 Å². The molecule has 0 radical (unpaired) electrons. The van der Waals surface area contributed by atoms with Crippen molar-refractivity contribution in [3.63, 3.8) is 0 Å². The SMILES string of the molecule is N#CCCNC(=O)CC1CCCCC1. The molecule has 3 heteroatoms. The van der Waals surface area contributed by atoms with Gasteiger partial charge in [0.05, 0.1) is 12.5 Å². The Morgan fingerprint density at radius 3 is 2.71 bits per heavy atom. The zero-order valence-corrected chi connectivity index (χ0v) is 8.59. The average molecular weight is 194 g/mol. The molecule has 0 heterocycles. The van der Waals surface area contributed by atoms with Gasteiger partial charge in [0.15, 0.2) is 0 Å². The van der Waals surface area contributed by atoms with Crippen LogP contribution in [0.2, 0.25) is 0 Å². The molecule has 1 aliphatic carbocycles. The number of hydrogen-bond acceptors (Lipinski definition) is 2. The highest BCUT2D eigenvalue weighted by Crippen LogP contribution is 2.25. The minimum Gasteiger partial charge on any atom is -0.355 e. The summed E-state index contributed by atoms with van der Waals surface area (Å²) in [6, 6.07) is 2.01. The first kappa shape index (κ1) is 11.0. The molecule has 3 nitrogen and oxygen atoms in total. The number of nitrogens with zero attached hydrogens (tertiary/aromatic N) is 1. The van der Waals surface area contributed by atoms with Crippen molar-refractivity contribution < 1.29 is 4.79 Å². The predicted molar refractivity (Wildman–Crippen MR) is 54.4 cm³/mol. The Morgan fingerprint density at radius 1 is 1.36 bits per heavy atom. The van der Waals surface area contributed by atoms with E-state index in [-0.39, 0.29) is 5.91 Å². The van der Waals surface area contributed by atoms with Crippen LogP contribution in [-0.4, -0.2) is 12.5 Å². The predicted octanol–water partition coefficient (Wildman–Crippen LogP) is 1.99. The number of carbonyl (C=O) groups is 1. The standard InChI is InChI=1S/C11H18N2O/c12-7-4-8-13-11(14)9-10-5-2-1-3-6-10/h10H,1-6,8-9H2,(H,13,14). The molecule has 0 spiro atoms. The van der Waals surface area contributed by atoms with Crippen molar-refractivity contribution in [2.45, 2.75) is 44.9 Å². The third kappa shape index (κ3) is 4.27. The van der Waals surface area contributed by atoms with E-state index in [1.807, 2.05) is 6.07 Å². The lowest BCUT2D eigenvalue weighted by Gasteiger charge is -2.20. The number of amides is 1. The van der Waals surface area contributed by atoms with Crippen LogP contribution in [-0.2, 0) is 4.79 Å². The van der Waals surface area contributed by atoms with Crippen LogP contribution in [0.5, 0.6) is 0 Å². The third-order valence-corrected chi connectivity index (χ3v) is 2.76. The van der Waals surface area contributed by atoms with Gasteiger partial charge in [-0.25, -0.2) is 0 Å². The van der Waals surface area contributed by atoms with Crippen molar-refractivity contribution in [3.8, 4) is 6.07 Å². The Morgan fingerprint density at radius 2 is 2.07 bits per heavy atom. The molecule has 0 aliphatic heterocycles. The molecule has 0 aromatic heterocycles. The topological polar surface area (TPSA) is 52.9 Å². The van der Waals surface area contributed by atoms with Crippen LogP contribution in [0.15, 0.2) is 0 Å². The first-order valence-corrected chi connectivity index (χ1v) is 5.46. The van der Waals surface area contributed by atoms with Crippen LogP contribution >= 0.6 is 0 Å². The van der Waals surface area contributed by atoms with Gasteiger partial charge in [-0.3, -0.25) is 4.79 Å². The molecule has 0 aromatic rings. The minimum absolute atomic E-state index is 0.118. The molecule has 14 heavy (non-hydrogen) atoms. The van der Waals surface area contributed by atoms with E-state index in [9.17, 15) is 4.79 Å². The Balaban J connectivity index is 2.10. The molecular formula is C11H18N2O. The lowest BCUT2D eigenvalue weighted by Crippen LogP contribution is -2.26. The van der Waals surface area contributed by atoms with E-state index in [0.29, 0.717) is 25.3 Å². The number of rotatable bonds is 4. The van der Waals surface area contributed by atoms with E-state index in [2.05, 4.69) is 5.32 Å². The van der Waals surface area contributed by atoms with E-state index in [4.69, 9.17) is 5.26 Å². The molecule has 1 amide bonds. The second-order valence-electron chi connectivity index (χ2n) is 3.97. The summed E-state index contributed by atoms with van der Waals surface area (Å²) in [6.07, 6.45) is 7.35. The minimum atomic E-state index is 0.118. The Hall–Kier alpha value is -1.04. The lowest BCUT2D eigenvalue weighted by molar-refractivity contribution is -0.122. The average Bonchev–Trinajstić information content (AvgIpc) is 2.20. The summed E-state index contributed by atoms with van der Waals surface area (Å²) in [6.45, 7) is 0.502. The summed E-state index contributed by atoms with van der Waals surface area (Å²) < 4.78 is 0. The van der Waals surface area contributed by atoms with Crippen LogP contribution in [0, 0.1) is 17.2 Å². The van der Waals surface area contributed by atoms with Gasteiger partial charge in [0.1, 0.15) is 0 Å². The number of nitrogens with one attached hydrogen (secondary N) is 1. The molecule has 1 fully saturated rings. The molecule has 1 rings (SSSR count). The summed E-state index contributed by atoms with van der Waals surface area (Å²) in [5.74, 6) is 0.706. The fraction of sp³-hybridized carbons (Fsp3) is 0.818. The van der Waals surface area contributed by atoms with E-state index in [0.717, 1.165) is 0 Å². The van der Waals surface area contributed by atoms with E-state index < -0.39 is 0 Å². The van der Waals surface area contributed by atoms with Gasteiger partial charge in [-0.05, 0) is 18.8 Å². The second kappa shape index (κ2) is 6.42. The summed E-state index contributed by atoms with van der Waals surface area (Å²) in [7, 11) is 0. The first-order valence-electron chi connectivity index (χ1n) is 5.46. The fourth-order valence-electron chi connectivity index (χ4n) is 1.98. The molecule has 0 atom stereocenters. The lowest BCUT2D eigenvalue weighted by atomic mass is 9.87. The summed E-state index contributed by atoms with van der Waals surface area (Å²) in [4.78, 5) is 11.4. The molecule has 78 valence electrons. The molecule has 1 saturated carbocycles. The monoisotopic (exact) mass is 194 g/mol. The molecule has 1 aliphatic rings. The van der Waals surface area contributed by atoms with Gasteiger partial charge in [-0.2, -0.15) is 5.26 Å². The summed E-state index contributed by atoms with van der Waals surface area (Å²) >= 11 is 0. The highest BCUT2D eigenvalue weighted by molar-refractivity contribution is 5.76. The molecular weight excluding hydrogens is 176 g/mol. The second-order valence-corrected chi connectivity index (χ2v) is 3.97. The van der Waals surface area contributed by atoms with Gasteiger partial charge in [0.2, 0.25) is 5.91 Å². The number of carbonyl (C=O) groups excluding carboxylic acids is 1. The van der Waals surface area contributed by atoms with E-state index in [1.54, 1.807) is 0 Å². The van der Waals surface area contributed by atoms with Crippen LogP contribution in [0.3, 0.4) is 0 Å². The van der Waals surface area contributed by atoms with Crippen LogP contribution in [0.1, 0.15) is 44.9 Å². The largest absolute Gasteiger partial charge is 0.355 e. The molecule has 0 saturated heterocycles. The third-order valence-electron chi connectivity index (χ3n) is 2.76. The van der Waals surface area contributed by atoms with Gasteiger partial charge in [0, 0.05) is 13.0 Å². The highest BCUT2D eigenvalue weighted by atomic mass is 16.1. The Labute approximate surface area is 85.5 Å². The summed E-state index contributed by atoms with van der Waals surface area (Å²) in [5, 5.41) is 11.1. The highest BCUT2D eigenvalue weighted by Gasteiger charge is 2.16. The maximum Gasteiger partial charge on any atom is 0.220 e. The van der Waals surface area contributed by atoms with Gasteiger partial charge < -0.3 is 5.32 Å². The van der Waals surface area contributed by atoms with Crippen molar-refractivity contribution in [3.05, 3.63) is 0 Å². The van der Waals surface area contributed by atoms with Gasteiger partial charge in [0.25, 0.3) is 0 Å². The molecule has 0 aromatic carbocycles. The maximum atomic E-state index is 11.4.